The van der Waals surface area contributed by atoms with Crippen molar-refractivity contribution < 1.29 is 38.0 Å². The summed E-state index contributed by atoms with van der Waals surface area (Å²) in [6.07, 6.45) is -2.47. The molecule has 0 spiro atoms. The predicted octanol–water partition coefficient (Wildman–Crippen LogP) is 1.28. The van der Waals surface area contributed by atoms with Gasteiger partial charge in [-0.15, -0.1) is 5.43 Å². The summed E-state index contributed by atoms with van der Waals surface area (Å²) in [6, 6.07) is 4.71. The molecule has 1 unspecified atom stereocenters. The number of carbonyl (C=O) groups excluding carboxylic acids is 1. The molecular formula is C11H15N2O9P. The van der Waals surface area contributed by atoms with E-state index in [4.69, 9.17) is 9.47 Å². The highest BCUT2D eigenvalue weighted by molar-refractivity contribution is 7.53. The predicted molar refractivity (Wildman–Crippen MR) is 75.6 cm³/mol. The van der Waals surface area contributed by atoms with Crippen LogP contribution in [0.15, 0.2) is 18.2 Å². The third kappa shape index (κ3) is 6.41. The molecule has 0 bridgehead atoms. The van der Waals surface area contributed by atoms with Crippen molar-refractivity contribution in [3.63, 3.8) is 0 Å². The van der Waals surface area contributed by atoms with E-state index in [1.807, 2.05) is 0 Å². The lowest BCUT2D eigenvalue weighted by Crippen LogP contribution is -2.24. The van der Waals surface area contributed by atoms with Crippen LogP contribution in [0.1, 0.15) is 5.56 Å². The van der Waals surface area contributed by atoms with Crippen LogP contribution in [-0.4, -0.2) is 36.6 Å². The Balaban J connectivity index is 2.56. The Hall–Kier alpha value is -2.52. The second-order valence-corrected chi connectivity index (χ2v) is 5.80. The molecule has 12 heteroatoms. The van der Waals surface area contributed by atoms with Gasteiger partial charge < -0.3 is 23.6 Å². The number of nitrogens with one attached hydrogen (secondary N) is 1. The molecule has 0 fully saturated rings. The van der Waals surface area contributed by atoms with Crippen LogP contribution in [-0.2, 0) is 20.4 Å². The number of methoxy groups -OCH3 is 2. The van der Waals surface area contributed by atoms with Gasteiger partial charge >= 0.3 is 13.8 Å². The Bertz CT molecular complexity index is 622. The molecule has 2 N–H and O–H groups in total. The van der Waals surface area contributed by atoms with Crippen LogP contribution >= 0.6 is 7.60 Å². The minimum atomic E-state index is -4.52. The molecule has 0 aliphatic carbocycles. The van der Waals surface area contributed by atoms with Gasteiger partial charge in [-0.2, -0.15) is 0 Å². The van der Waals surface area contributed by atoms with Crippen LogP contribution in [0.3, 0.4) is 0 Å². The van der Waals surface area contributed by atoms with Crippen molar-refractivity contribution in [2.24, 2.45) is 0 Å². The fraction of sp³-hybridized carbons (Fsp3) is 0.364. The maximum Gasteiger partial charge on any atom is 0.515 e. The minimum absolute atomic E-state index is 0.262. The zero-order valence-electron chi connectivity index (χ0n) is 12.3. The second kappa shape index (κ2) is 8.20. The molecule has 1 aromatic rings. The highest BCUT2D eigenvalue weighted by Gasteiger charge is 2.27. The van der Waals surface area contributed by atoms with Gasteiger partial charge in [0.1, 0.15) is 6.61 Å². The van der Waals surface area contributed by atoms with Crippen LogP contribution in [0.2, 0.25) is 0 Å². The van der Waals surface area contributed by atoms with E-state index in [1.54, 1.807) is 18.2 Å². The zero-order chi connectivity index (χ0) is 17.5. The lowest BCUT2D eigenvalue weighted by atomic mass is 10.2. The number of hydrogen-bond donors (Lipinski definition) is 2. The molecule has 23 heavy (non-hydrogen) atoms. The van der Waals surface area contributed by atoms with Crippen LogP contribution in [0.5, 0.6) is 11.5 Å². The summed E-state index contributed by atoms with van der Waals surface area (Å²) in [5, 5.41) is 8.98. The summed E-state index contributed by atoms with van der Waals surface area (Å²) in [7, 11) is -1.63. The summed E-state index contributed by atoms with van der Waals surface area (Å²) < 4.78 is 30.3. The highest BCUT2D eigenvalue weighted by atomic mass is 31.2. The van der Waals surface area contributed by atoms with Crippen molar-refractivity contribution in [2.45, 2.75) is 6.61 Å². The van der Waals surface area contributed by atoms with Crippen molar-refractivity contribution in [3.05, 3.63) is 33.9 Å². The van der Waals surface area contributed by atoms with E-state index in [1.165, 1.54) is 19.6 Å². The van der Waals surface area contributed by atoms with Gasteiger partial charge in [-0.1, -0.05) is 6.07 Å². The van der Waals surface area contributed by atoms with Gasteiger partial charge in [0.15, 0.2) is 22.8 Å². The molecular weight excluding hydrogens is 335 g/mol. The molecule has 0 aliphatic rings. The van der Waals surface area contributed by atoms with Crippen molar-refractivity contribution in [1.29, 1.82) is 0 Å². The molecule has 0 saturated heterocycles. The fourth-order valence-corrected chi connectivity index (χ4v) is 2.08. The number of nitrogens with zero attached hydrogens (tertiary/aromatic N) is 1. The average molecular weight is 350 g/mol. The normalized spacial score (nSPS) is 12.7. The van der Waals surface area contributed by atoms with Gasteiger partial charge in [0.2, 0.25) is 0 Å². The Morgan fingerprint density at radius 3 is 2.57 bits per heavy atom. The van der Waals surface area contributed by atoms with Crippen molar-refractivity contribution in [1.82, 2.24) is 5.43 Å². The topological polar surface area (TPSA) is 146 Å². The van der Waals surface area contributed by atoms with Crippen LogP contribution < -0.4 is 14.9 Å². The summed E-state index contributed by atoms with van der Waals surface area (Å²) in [4.78, 5) is 30.6. The van der Waals surface area contributed by atoms with Gasteiger partial charge in [-0.25, -0.2) is 19.5 Å². The SMILES string of the molecule is COc1ccc(COC(=O)OP(=O)(O)CN[N+](=O)[O-])cc1OC. The van der Waals surface area contributed by atoms with Gasteiger partial charge in [0.25, 0.3) is 0 Å². The number of hydrogen-bond acceptors (Lipinski definition) is 8. The van der Waals surface area contributed by atoms with Crippen molar-refractivity contribution in [3.8, 4) is 11.5 Å². The number of rotatable bonds is 8. The first kappa shape index (κ1) is 18.5. The molecule has 128 valence electrons. The maximum absolute atomic E-state index is 11.4. The standard InChI is InChI=1S/C11H15N2O9P/c1-19-9-4-3-8(5-10(9)20-2)6-21-11(14)22-23(17,18)7-12-13(15)16/h3-5,12H,6-7H2,1-2H3,(H,17,18). The Morgan fingerprint density at radius 1 is 1.35 bits per heavy atom. The maximum atomic E-state index is 11.4. The molecule has 0 amide bonds. The number of benzene rings is 1. The number of ether oxygens (including phenoxy) is 3. The van der Waals surface area contributed by atoms with Crippen molar-refractivity contribution in [2.75, 3.05) is 20.5 Å². The summed E-state index contributed by atoms with van der Waals surface area (Å²) in [6.45, 7) is -0.262. The first-order valence-corrected chi connectivity index (χ1v) is 7.80. The second-order valence-electron chi connectivity index (χ2n) is 4.03. The van der Waals surface area contributed by atoms with E-state index in [0.717, 1.165) is 0 Å². The van der Waals surface area contributed by atoms with Gasteiger partial charge in [0, 0.05) is 0 Å². The van der Waals surface area contributed by atoms with Gasteiger partial charge in [-0.05, 0) is 17.7 Å². The largest absolute Gasteiger partial charge is 0.515 e. The molecule has 0 heterocycles. The molecule has 1 atom stereocenters. The molecule has 0 saturated carbocycles. The smallest absolute Gasteiger partial charge is 0.493 e. The zero-order valence-corrected chi connectivity index (χ0v) is 13.1. The monoisotopic (exact) mass is 350 g/mol. The van der Waals surface area contributed by atoms with Gasteiger partial charge in [-0.3, -0.25) is 0 Å². The molecule has 0 radical (unpaired) electrons. The third-order valence-corrected chi connectivity index (χ3v) is 3.40. The first-order valence-electron chi connectivity index (χ1n) is 6.04. The average Bonchev–Trinajstić information content (AvgIpc) is 2.50. The van der Waals surface area contributed by atoms with Crippen LogP contribution in [0.25, 0.3) is 0 Å². The van der Waals surface area contributed by atoms with E-state index >= 15 is 0 Å². The fourth-order valence-electron chi connectivity index (χ4n) is 1.43. The lowest BCUT2D eigenvalue weighted by Gasteiger charge is -2.12. The number of hydrazine groups is 1. The Kier molecular flexibility index (Phi) is 6.61. The Labute approximate surface area is 130 Å². The number of carbonyl (C=O) groups is 1. The first-order chi connectivity index (χ1) is 10.8. The van der Waals surface area contributed by atoms with Crippen LogP contribution in [0.4, 0.5) is 4.79 Å². The molecule has 0 aromatic heterocycles. The van der Waals surface area contributed by atoms with E-state index in [0.29, 0.717) is 17.1 Å². The summed E-state index contributed by atoms with van der Waals surface area (Å²) in [5.41, 5.74) is 1.95. The minimum Gasteiger partial charge on any atom is -0.493 e. The van der Waals surface area contributed by atoms with E-state index in [2.05, 4.69) is 9.26 Å². The number of nitro groups is 1. The van der Waals surface area contributed by atoms with Crippen LogP contribution in [0, 0.1) is 10.1 Å². The van der Waals surface area contributed by atoms with Crippen molar-refractivity contribution >= 4 is 13.8 Å². The summed E-state index contributed by atoms with van der Waals surface area (Å²) >= 11 is 0. The summed E-state index contributed by atoms with van der Waals surface area (Å²) in [5.74, 6) is 0.884. The highest BCUT2D eigenvalue weighted by Crippen LogP contribution is 2.40. The molecule has 1 rings (SSSR count). The Morgan fingerprint density at radius 2 is 2.00 bits per heavy atom. The molecule has 1 aromatic carbocycles. The van der Waals surface area contributed by atoms with E-state index in [-0.39, 0.29) is 6.61 Å². The third-order valence-electron chi connectivity index (χ3n) is 2.42. The molecule has 11 nitrogen and oxygen atoms in total. The molecule has 0 aliphatic heterocycles. The van der Waals surface area contributed by atoms with E-state index < -0.39 is 25.1 Å². The quantitative estimate of drug-likeness (QED) is 0.304. The van der Waals surface area contributed by atoms with E-state index in [9.17, 15) is 24.4 Å². The lowest BCUT2D eigenvalue weighted by molar-refractivity contribution is -0.541. The van der Waals surface area contributed by atoms with Gasteiger partial charge in [0.05, 0.1) is 14.2 Å².